The zero-order valence-electron chi connectivity index (χ0n) is 13.8. The third-order valence-electron chi connectivity index (χ3n) is 3.74. The summed E-state index contributed by atoms with van der Waals surface area (Å²) >= 11 is 6.12. The molecule has 26 heavy (non-hydrogen) atoms. The molecule has 0 spiro atoms. The van der Waals surface area contributed by atoms with E-state index in [1.807, 2.05) is 0 Å². The van der Waals surface area contributed by atoms with E-state index in [1.165, 1.54) is 18.7 Å². The number of halogens is 1. The zero-order chi connectivity index (χ0) is 18.7. The molecule has 0 saturated carbocycles. The van der Waals surface area contributed by atoms with E-state index in [0.717, 1.165) is 0 Å². The number of pyridine rings is 1. The highest BCUT2D eigenvalue weighted by atomic mass is 35.5. The van der Waals surface area contributed by atoms with Gasteiger partial charge in [-0.1, -0.05) is 11.6 Å². The van der Waals surface area contributed by atoms with Crippen LogP contribution in [0.2, 0.25) is 5.02 Å². The molecule has 0 aliphatic rings. The van der Waals surface area contributed by atoms with Gasteiger partial charge in [0.25, 0.3) is 5.91 Å². The predicted octanol–water partition coefficient (Wildman–Crippen LogP) is 3.62. The van der Waals surface area contributed by atoms with Crippen LogP contribution < -0.4 is 16.4 Å². The Balaban J connectivity index is 1.85. The minimum Gasteiger partial charge on any atom is -0.472 e. The molecule has 7 nitrogen and oxygen atoms in total. The Hall–Kier alpha value is -3.32. The van der Waals surface area contributed by atoms with E-state index in [4.69, 9.17) is 27.2 Å². The first-order valence-corrected chi connectivity index (χ1v) is 8.03. The van der Waals surface area contributed by atoms with Crippen LogP contribution in [0.25, 0.3) is 0 Å². The normalized spacial score (nSPS) is 10.4. The molecule has 1 amide bonds. The number of nitrogens with two attached hydrogens (primary N) is 1. The molecule has 8 heteroatoms. The van der Waals surface area contributed by atoms with Crippen molar-refractivity contribution in [3.8, 4) is 0 Å². The summed E-state index contributed by atoms with van der Waals surface area (Å²) in [6, 6.07) is 8.18. The number of amides is 1. The van der Waals surface area contributed by atoms with Gasteiger partial charge in [0, 0.05) is 29.5 Å². The van der Waals surface area contributed by atoms with Crippen molar-refractivity contribution in [2.24, 2.45) is 0 Å². The first-order chi connectivity index (χ1) is 12.5. The number of benzene rings is 1. The summed E-state index contributed by atoms with van der Waals surface area (Å²) < 4.78 is 5.00. The Morgan fingerprint density at radius 1 is 1.27 bits per heavy atom. The number of hydrogen-bond donors (Lipinski definition) is 4. The number of aromatic nitrogens is 1. The third kappa shape index (κ3) is 3.52. The molecule has 0 bridgehead atoms. The van der Waals surface area contributed by atoms with Gasteiger partial charge in [0.05, 0.1) is 35.1 Å². The molecule has 0 radical (unpaired) electrons. The minimum absolute atomic E-state index is 0.106. The number of furan rings is 1. The SMILES string of the molecule is CNc1cnc(C(=O)Nc2ccc(N)c(C(=N)c3ccoc3)c2)c(Cl)c1. The fourth-order valence-corrected chi connectivity index (χ4v) is 2.60. The highest BCUT2D eigenvalue weighted by molar-refractivity contribution is 6.34. The molecule has 0 saturated heterocycles. The maximum absolute atomic E-state index is 12.5. The fraction of sp³-hybridized carbons (Fsp3) is 0.0556. The summed E-state index contributed by atoms with van der Waals surface area (Å²) in [5, 5.41) is 14.1. The van der Waals surface area contributed by atoms with Gasteiger partial charge in [0.1, 0.15) is 5.69 Å². The van der Waals surface area contributed by atoms with Gasteiger partial charge >= 0.3 is 0 Å². The summed E-state index contributed by atoms with van der Waals surface area (Å²) in [7, 11) is 1.73. The van der Waals surface area contributed by atoms with Crippen LogP contribution in [-0.4, -0.2) is 23.7 Å². The second-order valence-corrected chi connectivity index (χ2v) is 5.85. The van der Waals surface area contributed by atoms with Crippen LogP contribution in [-0.2, 0) is 0 Å². The molecule has 0 atom stereocenters. The molecule has 2 heterocycles. The monoisotopic (exact) mass is 369 g/mol. The zero-order valence-corrected chi connectivity index (χ0v) is 14.6. The van der Waals surface area contributed by atoms with Crippen LogP contribution in [0.3, 0.4) is 0 Å². The minimum atomic E-state index is -0.455. The van der Waals surface area contributed by atoms with Gasteiger partial charge in [-0.05, 0) is 30.3 Å². The second kappa shape index (κ2) is 7.28. The molecule has 0 fully saturated rings. The summed E-state index contributed by atoms with van der Waals surface area (Å²) in [4.78, 5) is 16.5. The maximum Gasteiger partial charge on any atom is 0.275 e. The average molecular weight is 370 g/mol. The molecule has 2 aromatic heterocycles. The molecule has 1 aromatic carbocycles. The molecule has 0 aliphatic carbocycles. The van der Waals surface area contributed by atoms with Crippen molar-refractivity contribution in [1.82, 2.24) is 4.98 Å². The van der Waals surface area contributed by atoms with Crippen LogP contribution in [0.5, 0.6) is 0 Å². The lowest BCUT2D eigenvalue weighted by Gasteiger charge is -2.11. The van der Waals surface area contributed by atoms with E-state index in [1.54, 1.807) is 37.4 Å². The number of nitrogen functional groups attached to an aromatic ring is 1. The van der Waals surface area contributed by atoms with Gasteiger partial charge < -0.3 is 20.8 Å². The molecule has 0 unspecified atom stereocenters. The number of nitrogens with one attached hydrogen (secondary N) is 3. The lowest BCUT2D eigenvalue weighted by molar-refractivity contribution is 0.102. The van der Waals surface area contributed by atoms with E-state index in [2.05, 4.69) is 15.6 Å². The topological polar surface area (TPSA) is 117 Å². The smallest absolute Gasteiger partial charge is 0.275 e. The van der Waals surface area contributed by atoms with Crippen LogP contribution in [0.15, 0.2) is 53.5 Å². The summed E-state index contributed by atoms with van der Waals surface area (Å²) in [6.07, 6.45) is 4.46. The van der Waals surface area contributed by atoms with Gasteiger partial charge in [0.2, 0.25) is 0 Å². The van der Waals surface area contributed by atoms with Crippen LogP contribution in [0.4, 0.5) is 17.1 Å². The average Bonchev–Trinajstić information content (AvgIpc) is 3.17. The van der Waals surface area contributed by atoms with Gasteiger partial charge in [-0.3, -0.25) is 10.2 Å². The second-order valence-electron chi connectivity index (χ2n) is 5.45. The van der Waals surface area contributed by atoms with Crippen LogP contribution in [0.1, 0.15) is 21.6 Å². The molecule has 0 aliphatic heterocycles. The Labute approximate surface area is 154 Å². The van der Waals surface area contributed by atoms with Crippen molar-refractivity contribution in [3.05, 3.63) is 70.9 Å². The van der Waals surface area contributed by atoms with E-state index >= 15 is 0 Å². The molecule has 132 valence electrons. The fourth-order valence-electron chi connectivity index (χ4n) is 2.34. The number of nitrogens with zero attached hydrogens (tertiary/aromatic N) is 1. The molecule has 3 aromatic rings. The third-order valence-corrected chi connectivity index (χ3v) is 4.02. The molecular formula is C18H16ClN5O2. The van der Waals surface area contributed by atoms with E-state index in [9.17, 15) is 4.79 Å². The molecule has 3 rings (SSSR count). The van der Waals surface area contributed by atoms with Crippen molar-refractivity contribution in [2.75, 3.05) is 23.4 Å². The number of rotatable bonds is 5. The lowest BCUT2D eigenvalue weighted by atomic mass is 10.0. The molecular weight excluding hydrogens is 354 g/mol. The first-order valence-electron chi connectivity index (χ1n) is 7.65. The van der Waals surface area contributed by atoms with Gasteiger partial charge in [-0.25, -0.2) is 4.98 Å². The van der Waals surface area contributed by atoms with Crippen LogP contribution >= 0.6 is 11.6 Å². The number of anilines is 3. The Morgan fingerprint density at radius 2 is 2.08 bits per heavy atom. The number of carbonyl (C=O) groups excluding carboxylic acids is 1. The Morgan fingerprint density at radius 3 is 2.73 bits per heavy atom. The van der Waals surface area contributed by atoms with Crippen LogP contribution in [0, 0.1) is 5.41 Å². The summed E-state index contributed by atoms with van der Waals surface area (Å²) in [5.74, 6) is -0.455. The van der Waals surface area contributed by atoms with Crippen molar-refractivity contribution in [3.63, 3.8) is 0 Å². The number of hydrogen-bond acceptors (Lipinski definition) is 6. The maximum atomic E-state index is 12.5. The van der Waals surface area contributed by atoms with Crippen molar-refractivity contribution in [2.45, 2.75) is 0 Å². The predicted molar refractivity (Wildman–Crippen MR) is 102 cm³/mol. The lowest BCUT2D eigenvalue weighted by Crippen LogP contribution is -2.15. The Bertz CT molecular complexity index is 970. The highest BCUT2D eigenvalue weighted by Gasteiger charge is 2.15. The van der Waals surface area contributed by atoms with Crippen molar-refractivity contribution < 1.29 is 9.21 Å². The van der Waals surface area contributed by atoms with Gasteiger partial charge in [0.15, 0.2) is 0 Å². The first kappa shape index (κ1) is 17.5. The Kier molecular flexibility index (Phi) is 4.90. The van der Waals surface area contributed by atoms with Crippen molar-refractivity contribution in [1.29, 1.82) is 5.41 Å². The quantitative estimate of drug-likeness (QED) is 0.404. The standard InChI is InChI=1S/C18H16ClN5O2/c1-22-12-7-14(19)17(23-8-12)18(25)24-11-2-3-15(20)13(6-11)16(21)10-4-5-26-9-10/h2-9,21-22H,20H2,1H3,(H,24,25). The van der Waals surface area contributed by atoms with Gasteiger partial charge in [-0.15, -0.1) is 0 Å². The van der Waals surface area contributed by atoms with E-state index in [-0.39, 0.29) is 16.4 Å². The summed E-state index contributed by atoms with van der Waals surface area (Å²) in [6.45, 7) is 0. The van der Waals surface area contributed by atoms with Crippen molar-refractivity contribution >= 4 is 40.3 Å². The number of carbonyl (C=O) groups is 1. The van der Waals surface area contributed by atoms with E-state index < -0.39 is 5.91 Å². The highest BCUT2D eigenvalue weighted by Crippen LogP contribution is 2.23. The largest absolute Gasteiger partial charge is 0.472 e. The van der Waals surface area contributed by atoms with E-state index in [0.29, 0.717) is 28.2 Å². The molecule has 5 N–H and O–H groups in total. The summed E-state index contributed by atoms with van der Waals surface area (Å²) in [5.41, 5.74) is 8.94. The van der Waals surface area contributed by atoms with Gasteiger partial charge in [-0.2, -0.15) is 0 Å².